The molecule has 7 nitrogen and oxygen atoms in total. The average Bonchev–Trinajstić information content (AvgIpc) is 3.26. The van der Waals surface area contributed by atoms with Crippen molar-refractivity contribution in [3.63, 3.8) is 0 Å². The van der Waals surface area contributed by atoms with Gasteiger partial charge in [-0.1, -0.05) is 24.3 Å². The van der Waals surface area contributed by atoms with E-state index in [0.717, 1.165) is 24.1 Å². The highest BCUT2D eigenvalue weighted by molar-refractivity contribution is 7.92. The average molecular weight is 427 g/mol. The Balaban J connectivity index is 1.75. The van der Waals surface area contributed by atoms with E-state index in [-0.39, 0.29) is 17.3 Å². The number of aryl methyl sites for hydroxylation is 3. The number of carbonyl (C=O) groups excluding carboxylic acids is 1. The first-order valence-corrected chi connectivity index (χ1v) is 11.2. The van der Waals surface area contributed by atoms with E-state index in [1.54, 1.807) is 42.9 Å². The molecule has 3 aromatic rings. The first-order valence-electron chi connectivity index (χ1n) is 9.75. The summed E-state index contributed by atoms with van der Waals surface area (Å²) in [5.74, 6) is -0.349. The standard InChI is InChI=1S/C22H26N4O3S/c1-18-9-10-20(15-19(18)2)26(30(28,29)21-7-4-3-5-8-21)16-22(27)24-11-6-13-25-14-12-23-17-25/h3-5,7-10,12,14-15,17H,6,11,13,16H2,1-2H3,(H,24,27). The molecule has 1 N–H and O–H groups in total. The number of nitrogens with one attached hydrogen (secondary N) is 1. The Bertz CT molecular complexity index is 1080. The van der Waals surface area contributed by atoms with Gasteiger partial charge in [0.05, 0.1) is 16.9 Å². The molecule has 0 spiro atoms. The molecule has 1 aromatic heterocycles. The fourth-order valence-corrected chi connectivity index (χ4v) is 4.44. The predicted octanol–water partition coefficient (Wildman–Crippen LogP) is 2.90. The van der Waals surface area contributed by atoms with Crippen molar-refractivity contribution >= 4 is 21.6 Å². The summed E-state index contributed by atoms with van der Waals surface area (Å²) in [6.45, 7) is 4.77. The first kappa shape index (κ1) is 21.6. The Morgan fingerprint density at radius 1 is 1.10 bits per heavy atom. The van der Waals surface area contributed by atoms with Crippen LogP contribution in [0.5, 0.6) is 0 Å². The zero-order chi connectivity index (χ0) is 21.6. The van der Waals surface area contributed by atoms with Gasteiger partial charge in [-0.15, -0.1) is 0 Å². The summed E-state index contributed by atoms with van der Waals surface area (Å²) < 4.78 is 29.7. The van der Waals surface area contributed by atoms with Crippen LogP contribution in [0.1, 0.15) is 17.5 Å². The van der Waals surface area contributed by atoms with Gasteiger partial charge in [0.25, 0.3) is 10.0 Å². The summed E-state index contributed by atoms with van der Waals surface area (Å²) >= 11 is 0. The molecule has 2 aromatic carbocycles. The summed E-state index contributed by atoms with van der Waals surface area (Å²) in [4.78, 5) is 16.7. The molecule has 0 aliphatic heterocycles. The van der Waals surface area contributed by atoms with Crippen molar-refractivity contribution in [1.82, 2.24) is 14.9 Å². The lowest BCUT2D eigenvalue weighted by molar-refractivity contribution is -0.119. The van der Waals surface area contributed by atoms with Crippen LogP contribution in [0, 0.1) is 13.8 Å². The number of aromatic nitrogens is 2. The quantitative estimate of drug-likeness (QED) is 0.533. The SMILES string of the molecule is Cc1ccc(N(CC(=O)NCCCn2ccnc2)S(=O)(=O)c2ccccc2)cc1C. The number of benzene rings is 2. The van der Waals surface area contributed by atoms with Crippen LogP contribution < -0.4 is 9.62 Å². The number of hydrogen-bond donors (Lipinski definition) is 1. The van der Waals surface area contributed by atoms with Gasteiger partial charge in [0.15, 0.2) is 0 Å². The molecule has 1 amide bonds. The summed E-state index contributed by atoms with van der Waals surface area (Å²) in [5, 5.41) is 2.82. The third-order valence-electron chi connectivity index (χ3n) is 4.87. The van der Waals surface area contributed by atoms with Crippen LogP contribution in [0.2, 0.25) is 0 Å². The number of imidazole rings is 1. The van der Waals surface area contributed by atoms with Crippen LogP contribution in [0.4, 0.5) is 5.69 Å². The van der Waals surface area contributed by atoms with Crippen molar-refractivity contribution < 1.29 is 13.2 Å². The van der Waals surface area contributed by atoms with E-state index in [4.69, 9.17) is 0 Å². The van der Waals surface area contributed by atoms with Crippen LogP contribution >= 0.6 is 0 Å². The molecule has 0 saturated carbocycles. The lowest BCUT2D eigenvalue weighted by Crippen LogP contribution is -2.41. The van der Waals surface area contributed by atoms with E-state index < -0.39 is 10.0 Å². The van der Waals surface area contributed by atoms with Crippen molar-refractivity contribution in [1.29, 1.82) is 0 Å². The number of sulfonamides is 1. The molecular weight excluding hydrogens is 400 g/mol. The smallest absolute Gasteiger partial charge is 0.264 e. The molecule has 0 radical (unpaired) electrons. The van der Waals surface area contributed by atoms with E-state index in [2.05, 4.69) is 10.3 Å². The highest BCUT2D eigenvalue weighted by atomic mass is 32.2. The Kier molecular flexibility index (Phi) is 6.89. The Morgan fingerprint density at radius 2 is 1.87 bits per heavy atom. The highest BCUT2D eigenvalue weighted by Gasteiger charge is 2.27. The van der Waals surface area contributed by atoms with Crippen molar-refractivity contribution in [3.05, 3.63) is 78.4 Å². The minimum atomic E-state index is -3.88. The third-order valence-corrected chi connectivity index (χ3v) is 6.66. The van der Waals surface area contributed by atoms with E-state index in [9.17, 15) is 13.2 Å². The fraction of sp³-hybridized carbons (Fsp3) is 0.273. The van der Waals surface area contributed by atoms with E-state index in [0.29, 0.717) is 12.2 Å². The highest BCUT2D eigenvalue weighted by Crippen LogP contribution is 2.25. The van der Waals surface area contributed by atoms with Crippen LogP contribution in [0.25, 0.3) is 0 Å². The van der Waals surface area contributed by atoms with Gasteiger partial charge in [0.1, 0.15) is 6.54 Å². The molecule has 1 heterocycles. The first-order chi connectivity index (χ1) is 14.4. The number of carbonyl (C=O) groups is 1. The van der Waals surface area contributed by atoms with Crippen molar-refractivity contribution in [2.24, 2.45) is 0 Å². The third kappa shape index (κ3) is 5.27. The zero-order valence-electron chi connectivity index (χ0n) is 17.2. The van der Waals surface area contributed by atoms with E-state index in [1.807, 2.05) is 30.7 Å². The second-order valence-corrected chi connectivity index (χ2v) is 8.96. The molecular formula is C22H26N4O3S. The Labute approximate surface area is 177 Å². The Morgan fingerprint density at radius 3 is 2.53 bits per heavy atom. The van der Waals surface area contributed by atoms with Gasteiger partial charge in [0.2, 0.25) is 5.91 Å². The van der Waals surface area contributed by atoms with Gasteiger partial charge in [-0.2, -0.15) is 0 Å². The molecule has 158 valence electrons. The second-order valence-electron chi connectivity index (χ2n) is 7.10. The zero-order valence-corrected chi connectivity index (χ0v) is 18.0. The molecule has 0 atom stereocenters. The van der Waals surface area contributed by atoms with Crippen LogP contribution in [0.15, 0.2) is 72.1 Å². The van der Waals surface area contributed by atoms with Gasteiger partial charge in [-0.25, -0.2) is 13.4 Å². The predicted molar refractivity (Wildman–Crippen MR) is 117 cm³/mol. The Hall–Kier alpha value is -3.13. The van der Waals surface area contributed by atoms with Gasteiger partial charge >= 0.3 is 0 Å². The maximum Gasteiger partial charge on any atom is 0.264 e. The minimum Gasteiger partial charge on any atom is -0.354 e. The molecule has 0 unspecified atom stereocenters. The second kappa shape index (κ2) is 9.58. The lowest BCUT2D eigenvalue weighted by atomic mass is 10.1. The largest absolute Gasteiger partial charge is 0.354 e. The minimum absolute atomic E-state index is 0.149. The molecule has 0 fully saturated rings. The molecule has 30 heavy (non-hydrogen) atoms. The molecule has 8 heteroatoms. The van der Waals surface area contributed by atoms with Crippen LogP contribution in [-0.4, -0.2) is 37.0 Å². The summed E-state index contributed by atoms with van der Waals surface area (Å²) in [6, 6.07) is 13.5. The molecule has 0 bridgehead atoms. The van der Waals surface area contributed by atoms with Crippen LogP contribution in [-0.2, 0) is 21.4 Å². The summed E-state index contributed by atoms with van der Waals surface area (Å²) in [7, 11) is -3.88. The molecule has 0 aliphatic carbocycles. The number of amides is 1. The number of rotatable bonds is 9. The van der Waals surface area contributed by atoms with E-state index >= 15 is 0 Å². The fourth-order valence-electron chi connectivity index (χ4n) is 3.01. The van der Waals surface area contributed by atoms with Gasteiger partial charge < -0.3 is 9.88 Å². The normalized spacial score (nSPS) is 11.3. The summed E-state index contributed by atoms with van der Waals surface area (Å²) in [5.41, 5.74) is 2.48. The lowest BCUT2D eigenvalue weighted by Gasteiger charge is -2.25. The molecule has 0 saturated heterocycles. The van der Waals surface area contributed by atoms with Crippen LogP contribution in [0.3, 0.4) is 0 Å². The van der Waals surface area contributed by atoms with Gasteiger partial charge in [-0.3, -0.25) is 9.10 Å². The van der Waals surface area contributed by atoms with Gasteiger partial charge in [-0.05, 0) is 55.7 Å². The monoisotopic (exact) mass is 426 g/mol. The summed E-state index contributed by atoms with van der Waals surface area (Å²) in [6.07, 6.45) is 6.00. The number of hydrogen-bond acceptors (Lipinski definition) is 4. The maximum absolute atomic E-state index is 13.3. The topological polar surface area (TPSA) is 84.3 Å². The van der Waals surface area contributed by atoms with Crippen molar-refractivity contribution in [2.45, 2.75) is 31.7 Å². The van der Waals surface area contributed by atoms with Crippen molar-refractivity contribution in [3.8, 4) is 0 Å². The number of nitrogens with zero attached hydrogens (tertiary/aromatic N) is 3. The van der Waals surface area contributed by atoms with Crippen molar-refractivity contribution in [2.75, 3.05) is 17.4 Å². The molecule has 3 rings (SSSR count). The molecule has 0 aliphatic rings. The maximum atomic E-state index is 13.3. The van der Waals surface area contributed by atoms with Gasteiger partial charge in [0, 0.05) is 25.5 Å². The van der Waals surface area contributed by atoms with E-state index in [1.165, 1.54) is 16.4 Å². The number of anilines is 1.